The van der Waals surface area contributed by atoms with Crippen molar-refractivity contribution in [2.45, 2.75) is 5.60 Å². The van der Waals surface area contributed by atoms with Crippen molar-refractivity contribution in [1.29, 1.82) is 0 Å². The second-order valence-electron chi connectivity index (χ2n) is 4.01. The van der Waals surface area contributed by atoms with Crippen LogP contribution >= 0.6 is 23.2 Å². The van der Waals surface area contributed by atoms with Gasteiger partial charge in [-0.25, -0.2) is 4.79 Å². The first kappa shape index (κ1) is 13.9. The Labute approximate surface area is 120 Å². The second-order valence-corrected chi connectivity index (χ2v) is 4.82. The molecule has 0 radical (unpaired) electrons. The van der Waals surface area contributed by atoms with Crippen LogP contribution in [0.1, 0.15) is 11.1 Å². The Hall–Kier alpha value is -1.55. The molecule has 0 saturated carbocycles. The van der Waals surface area contributed by atoms with Crippen molar-refractivity contribution in [1.82, 2.24) is 0 Å². The quantitative estimate of drug-likeness (QED) is 0.913. The molecule has 0 aliphatic heterocycles. The summed E-state index contributed by atoms with van der Waals surface area (Å²) >= 11 is 11.7. The van der Waals surface area contributed by atoms with E-state index in [2.05, 4.69) is 0 Å². The monoisotopic (exact) mass is 296 g/mol. The number of rotatable bonds is 3. The Kier molecular flexibility index (Phi) is 3.80. The van der Waals surface area contributed by atoms with Gasteiger partial charge < -0.3 is 10.2 Å². The van der Waals surface area contributed by atoms with Gasteiger partial charge in [-0.2, -0.15) is 0 Å². The molecule has 0 heterocycles. The van der Waals surface area contributed by atoms with Crippen molar-refractivity contribution in [3.05, 3.63) is 69.7 Å². The van der Waals surface area contributed by atoms with E-state index in [9.17, 15) is 15.0 Å². The van der Waals surface area contributed by atoms with E-state index in [0.29, 0.717) is 5.02 Å². The maximum absolute atomic E-state index is 11.5. The summed E-state index contributed by atoms with van der Waals surface area (Å²) < 4.78 is 0. The highest BCUT2D eigenvalue weighted by Gasteiger charge is 2.40. The van der Waals surface area contributed by atoms with E-state index < -0.39 is 11.6 Å². The molecule has 0 spiro atoms. The highest BCUT2D eigenvalue weighted by Crippen LogP contribution is 2.33. The zero-order chi connectivity index (χ0) is 14.0. The van der Waals surface area contributed by atoms with E-state index in [1.165, 1.54) is 30.3 Å². The van der Waals surface area contributed by atoms with Crippen molar-refractivity contribution >= 4 is 29.2 Å². The van der Waals surface area contributed by atoms with Crippen molar-refractivity contribution in [2.75, 3.05) is 0 Å². The molecule has 2 N–H and O–H groups in total. The third-order valence-corrected chi connectivity index (χ3v) is 3.58. The van der Waals surface area contributed by atoms with E-state index in [0.717, 1.165) is 0 Å². The molecule has 0 saturated heterocycles. The molecule has 0 aromatic heterocycles. The largest absolute Gasteiger partial charge is 0.479 e. The third kappa shape index (κ3) is 2.45. The molecule has 2 aromatic carbocycles. The number of carbonyl (C=O) groups is 1. The van der Waals surface area contributed by atoms with Crippen molar-refractivity contribution in [2.24, 2.45) is 0 Å². The van der Waals surface area contributed by atoms with E-state index in [1.54, 1.807) is 18.2 Å². The Balaban J connectivity index is 2.63. The number of aliphatic hydroxyl groups is 1. The van der Waals surface area contributed by atoms with Crippen LogP contribution in [0.15, 0.2) is 48.5 Å². The van der Waals surface area contributed by atoms with Crippen LogP contribution in [0.5, 0.6) is 0 Å². The van der Waals surface area contributed by atoms with E-state index in [1.807, 2.05) is 0 Å². The number of carboxylic acid groups (broad SMARTS) is 1. The number of benzene rings is 2. The van der Waals surface area contributed by atoms with Gasteiger partial charge in [0, 0.05) is 5.56 Å². The summed E-state index contributed by atoms with van der Waals surface area (Å²) in [5.74, 6) is -1.38. The summed E-state index contributed by atoms with van der Waals surface area (Å²) in [6.45, 7) is 0. The minimum absolute atomic E-state index is 0.153. The number of halogens is 2. The molecule has 2 aromatic rings. The van der Waals surface area contributed by atoms with Crippen LogP contribution in [-0.2, 0) is 10.4 Å². The molecule has 0 unspecified atom stereocenters. The lowest BCUT2D eigenvalue weighted by Crippen LogP contribution is -2.36. The molecule has 98 valence electrons. The molecule has 2 rings (SSSR count). The topological polar surface area (TPSA) is 57.5 Å². The Morgan fingerprint density at radius 3 is 2.11 bits per heavy atom. The van der Waals surface area contributed by atoms with Crippen LogP contribution < -0.4 is 0 Å². The van der Waals surface area contributed by atoms with Crippen molar-refractivity contribution in [3.63, 3.8) is 0 Å². The van der Waals surface area contributed by atoms with Crippen LogP contribution in [0.3, 0.4) is 0 Å². The Morgan fingerprint density at radius 2 is 1.58 bits per heavy atom. The zero-order valence-corrected chi connectivity index (χ0v) is 11.2. The molecule has 0 fully saturated rings. The van der Waals surface area contributed by atoms with E-state index in [-0.39, 0.29) is 16.1 Å². The molecule has 0 aliphatic rings. The SMILES string of the molecule is O=C(O)[C@@](O)(c1ccccc1)c1ccc(Cl)c(Cl)c1. The molecular formula is C14H10Cl2O3. The van der Waals surface area contributed by atoms with Crippen LogP contribution in [0, 0.1) is 0 Å². The van der Waals surface area contributed by atoms with Gasteiger partial charge in [-0.3, -0.25) is 0 Å². The molecule has 0 amide bonds. The minimum Gasteiger partial charge on any atom is -0.479 e. The summed E-state index contributed by atoms with van der Waals surface area (Å²) in [4.78, 5) is 11.5. The van der Waals surface area contributed by atoms with Crippen LogP contribution in [-0.4, -0.2) is 16.2 Å². The van der Waals surface area contributed by atoms with Gasteiger partial charge in [0.15, 0.2) is 0 Å². The second kappa shape index (κ2) is 5.21. The number of hydrogen-bond donors (Lipinski definition) is 2. The lowest BCUT2D eigenvalue weighted by atomic mass is 9.86. The fraction of sp³-hybridized carbons (Fsp3) is 0.0714. The lowest BCUT2D eigenvalue weighted by Gasteiger charge is -2.24. The number of hydrogen-bond acceptors (Lipinski definition) is 2. The molecule has 0 bridgehead atoms. The predicted octanol–water partition coefficient (Wildman–Crippen LogP) is 3.31. The minimum atomic E-state index is -2.16. The summed E-state index contributed by atoms with van der Waals surface area (Å²) in [6, 6.07) is 12.4. The standard InChI is InChI=1S/C14H10Cl2O3/c15-11-7-6-10(8-12(11)16)14(19,13(17)18)9-4-2-1-3-5-9/h1-8,19H,(H,17,18)/t14-/m1/s1. The first-order chi connectivity index (χ1) is 8.96. The maximum Gasteiger partial charge on any atom is 0.345 e. The first-order valence-corrected chi connectivity index (χ1v) is 6.18. The maximum atomic E-state index is 11.5. The lowest BCUT2D eigenvalue weighted by molar-refractivity contribution is -0.155. The number of aliphatic carboxylic acids is 1. The van der Waals surface area contributed by atoms with Gasteiger partial charge in [0.25, 0.3) is 0 Å². The molecule has 5 heteroatoms. The first-order valence-electron chi connectivity index (χ1n) is 5.43. The van der Waals surface area contributed by atoms with Gasteiger partial charge in [-0.1, -0.05) is 59.6 Å². The molecule has 0 aliphatic carbocycles. The summed E-state index contributed by atoms with van der Waals surface area (Å²) in [7, 11) is 0. The summed E-state index contributed by atoms with van der Waals surface area (Å²) in [6.07, 6.45) is 0. The Bertz CT molecular complexity index is 613. The average molecular weight is 297 g/mol. The molecular weight excluding hydrogens is 287 g/mol. The van der Waals surface area contributed by atoms with Gasteiger partial charge in [-0.15, -0.1) is 0 Å². The van der Waals surface area contributed by atoms with Crippen LogP contribution in [0.25, 0.3) is 0 Å². The fourth-order valence-corrected chi connectivity index (χ4v) is 2.11. The third-order valence-electron chi connectivity index (χ3n) is 2.84. The van der Waals surface area contributed by atoms with Crippen LogP contribution in [0.4, 0.5) is 0 Å². The van der Waals surface area contributed by atoms with E-state index >= 15 is 0 Å². The van der Waals surface area contributed by atoms with Gasteiger partial charge in [-0.05, 0) is 17.7 Å². The van der Waals surface area contributed by atoms with Gasteiger partial charge in [0.1, 0.15) is 0 Å². The van der Waals surface area contributed by atoms with Gasteiger partial charge in [0.2, 0.25) is 5.60 Å². The fourth-order valence-electron chi connectivity index (χ4n) is 1.81. The Morgan fingerprint density at radius 1 is 0.947 bits per heavy atom. The van der Waals surface area contributed by atoms with Gasteiger partial charge in [0.05, 0.1) is 10.0 Å². The van der Waals surface area contributed by atoms with E-state index in [4.69, 9.17) is 23.2 Å². The highest BCUT2D eigenvalue weighted by molar-refractivity contribution is 6.42. The smallest absolute Gasteiger partial charge is 0.345 e. The highest BCUT2D eigenvalue weighted by atomic mass is 35.5. The molecule has 1 atom stereocenters. The summed E-state index contributed by atoms with van der Waals surface area (Å²) in [5.41, 5.74) is -1.75. The van der Waals surface area contributed by atoms with Crippen molar-refractivity contribution < 1.29 is 15.0 Å². The molecule has 19 heavy (non-hydrogen) atoms. The average Bonchev–Trinajstić information content (AvgIpc) is 2.41. The van der Waals surface area contributed by atoms with Crippen LogP contribution in [0.2, 0.25) is 10.0 Å². The van der Waals surface area contributed by atoms with Crippen molar-refractivity contribution in [3.8, 4) is 0 Å². The van der Waals surface area contributed by atoms with Gasteiger partial charge >= 0.3 is 5.97 Å². The predicted molar refractivity (Wildman–Crippen MR) is 73.5 cm³/mol. The normalized spacial score (nSPS) is 13.8. The molecule has 3 nitrogen and oxygen atoms in total. The zero-order valence-electron chi connectivity index (χ0n) is 9.68. The summed E-state index contributed by atoms with van der Waals surface area (Å²) in [5, 5.41) is 20.4. The number of carboxylic acids is 1.